The number of ether oxygens (including phenoxy) is 1. The standard InChI is InChI=1S/C14H18N2OS/c1-3-17-12-7-4-11(5-8-12)6-9-13-10-16-14(15-2)18-13/h4-5,7-8,10H,3,6,9H2,1-2H3,(H,15,16). The minimum Gasteiger partial charge on any atom is -0.494 e. The third kappa shape index (κ3) is 3.47. The van der Waals surface area contributed by atoms with Crippen molar-refractivity contribution in [2.24, 2.45) is 0 Å². The lowest BCUT2D eigenvalue weighted by atomic mass is 10.1. The smallest absolute Gasteiger partial charge is 0.182 e. The third-order valence-electron chi connectivity index (χ3n) is 2.66. The van der Waals surface area contributed by atoms with Crippen molar-refractivity contribution < 1.29 is 4.74 Å². The second-order valence-electron chi connectivity index (χ2n) is 3.96. The quantitative estimate of drug-likeness (QED) is 0.866. The van der Waals surface area contributed by atoms with Gasteiger partial charge in [-0.25, -0.2) is 4.98 Å². The Labute approximate surface area is 112 Å². The largest absolute Gasteiger partial charge is 0.494 e. The Balaban J connectivity index is 1.89. The van der Waals surface area contributed by atoms with Crippen LogP contribution in [-0.4, -0.2) is 18.6 Å². The summed E-state index contributed by atoms with van der Waals surface area (Å²) in [6, 6.07) is 8.32. The molecule has 4 heteroatoms. The maximum atomic E-state index is 5.43. The normalized spacial score (nSPS) is 10.3. The fourth-order valence-corrected chi connectivity index (χ4v) is 2.49. The fourth-order valence-electron chi connectivity index (χ4n) is 1.73. The van der Waals surface area contributed by atoms with E-state index in [1.165, 1.54) is 10.4 Å². The molecular formula is C14H18N2OS. The van der Waals surface area contributed by atoms with E-state index in [4.69, 9.17) is 4.74 Å². The summed E-state index contributed by atoms with van der Waals surface area (Å²) in [5.41, 5.74) is 1.33. The first-order valence-electron chi connectivity index (χ1n) is 6.16. The highest BCUT2D eigenvalue weighted by Crippen LogP contribution is 2.20. The minimum atomic E-state index is 0.715. The molecule has 0 unspecified atom stereocenters. The summed E-state index contributed by atoms with van der Waals surface area (Å²) >= 11 is 1.72. The van der Waals surface area contributed by atoms with Crippen LogP contribution < -0.4 is 10.1 Å². The molecule has 0 atom stereocenters. The Morgan fingerprint density at radius 1 is 1.22 bits per heavy atom. The van der Waals surface area contributed by atoms with Gasteiger partial charge in [0.1, 0.15) is 5.75 Å². The van der Waals surface area contributed by atoms with Gasteiger partial charge in [-0.2, -0.15) is 0 Å². The molecule has 0 saturated carbocycles. The van der Waals surface area contributed by atoms with Crippen LogP contribution in [0.4, 0.5) is 5.13 Å². The number of thiazole rings is 1. The number of benzene rings is 1. The zero-order valence-electron chi connectivity index (χ0n) is 10.8. The summed E-state index contributed by atoms with van der Waals surface area (Å²) < 4.78 is 5.43. The summed E-state index contributed by atoms with van der Waals surface area (Å²) in [7, 11) is 1.90. The highest BCUT2D eigenvalue weighted by molar-refractivity contribution is 7.15. The Morgan fingerprint density at radius 3 is 2.61 bits per heavy atom. The number of anilines is 1. The molecule has 0 aliphatic heterocycles. The van der Waals surface area contributed by atoms with Gasteiger partial charge in [0, 0.05) is 18.1 Å². The molecule has 1 N–H and O–H groups in total. The van der Waals surface area contributed by atoms with Crippen molar-refractivity contribution >= 4 is 16.5 Å². The summed E-state index contributed by atoms with van der Waals surface area (Å²) in [6.07, 6.45) is 4.02. The van der Waals surface area contributed by atoms with Crippen molar-refractivity contribution in [3.05, 3.63) is 40.9 Å². The molecule has 1 aromatic heterocycles. The molecule has 0 fully saturated rings. The topological polar surface area (TPSA) is 34.1 Å². The number of aryl methyl sites for hydroxylation is 2. The van der Waals surface area contributed by atoms with Crippen LogP contribution in [0.25, 0.3) is 0 Å². The molecule has 3 nitrogen and oxygen atoms in total. The molecule has 1 heterocycles. The van der Waals surface area contributed by atoms with E-state index in [0.717, 1.165) is 23.7 Å². The maximum Gasteiger partial charge on any atom is 0.182 e. The van der Waals surface area contributed by atoms with Crippen LogP contribution in [0.1, 0.15) is 17.4 Å². The number of hydrogen-bond donors (Lipinski definition) is 1. The summed E-state index contributed by atoms with van der Waals surface area (Å²) in [6.45, 7) is 2.71. The average Bonchev–Trinajstić information content (AvgIpc) is 2.86. The van der Waals surface area contributed by atoms with E-state index >= 15 is 0 Å². The van der Waals surface area contributed by atoms with Crippen molar-refractivity contribution in [2.45, 2.75) is 19.8 Å². The van der Waals surface area contributed by atoms with Gasteiger partial charge >= 0.3 is 0 Å². The monoisotopic (exact) mass is 262 g/mol. The lowest BCUT2D eigenvalue weighted by Crippen LogP contribution is -1.92. The third-order valence-corrected chi connectivity index (χ3v) is 3.74. The van der Waals surface area contributed by atoms with E-state index in [2.05, 4.69) is 22.4 Å². The Morgan fingerprint density at radius 2 is 2.00 bits per heavy atom. The van der Waals surface area contributed by atoms with Crippen molar-refractivity contribution in [2.75, 3.05) is 19.0 Å². The molecule has 0 radical (unpaired) electrons. The van der Waals surface area contributed by atoms with Gasteiger partial charge in [0.15, 0.2) is 5.13 Å². The van der Waals surface area contributed by atoms with Crippen LogP contribution in [0.2, 0.25) is 0 Å². The van der Waals surface area contributed by atoms with Crippen molar-refractivity contribution in [3.63, 3.8) is 0 Å². The first kappa shape index (κ1) is 12.9. The van der Waals surface area contributed by atoms with Gasteiger partial charge < -0.3 is 10.1 Å². The second kappa shape index (κ2) is 6.40. The summed E-state index contributed by atoms with van der Waals surface area (Å²) in [5, 5.41) is 4.04. The number of nitrogens with one attached hydrogen (secondary N) is 1. The van der Waals surface area contributed by atoms with Crippen LogP contribution in [0.3, 0.4) is 0 Å². The second-order valence-corrected chi connectivity index (χ2v) is 5.07. The van der Waals surface area contributed by atoms with Gasteiger partial charge in [0.25, 0.3) is 0 Å². The Hall–Kier alpha value is -1.55. The molecule has 18 heavy (non-hydrogen) atoms. The number of hydrogen-bond acceptors (Lipinski definition) is 4. The molecule has 2 aromatic rings. The zero-order chi connectivity index (χ0) is 12.8. The molecule has 0 aliphatic rings. The molecule has 96 valence electrons. The van der Waals surface area contributed by atoms with Crippen LogP contribution in [0, 0.1) is 0 Å². The zero-order valence-corrected chi connectivity index (χ0v) is 11.6. The first-order valence-corrected chi connectivity index (χ1v) is 6.97. The minimum absolute atomic E-state index is 0.715. The lowest BCUT2D eigenvalue weighted by molar-refractivity contribution is 0.340. The summed E-state index contributed by atoms with van der Waals surface area (Å²) in [4.78, 5) is 5.59. The Kier molecular flexibility index (Phi) is 4.59. The predicted octanol–water partition coefficient (Wildman–Crippen LogP) is 3.37. The van der Waals surface area contributed by atoms with Crippen LogP contribution in [0.5, 0.6) is 5.75 Å². The molecule has 0 amide bonds. The molecular weight excluding hydrogens is 244 g/mol. The van der Waals surface area contributed by atoms with Gasteiger partial charge in [0.05, 0.1) is 6.61 Å². The number of rotatable bonds is 6. The van der Waals surface area contributed by atoms with Gasteiger partial charge in [0.2, 0.25) is 0 Å². The van der Waals surface area contributed by atoms with E-state index in [9.17, 15) is 0 Å². The molecule has 0 aliphatic carbocycles. The van der Waals surface area contributed by atoms with Gasteiger partial charge in [-0.1, -0.05) is 12.1 Å². The fraction of sp³-hybridized carbons (Fsp3) is 0.357. The molecule has 2 rings (SSSR count). The van der Waals surface area contributed by atoms with Crippen LogP contribution in [0.15, 0.2) is 30.5 Å². The lowest BCUT2D eigenvalue weighted by Gasteiger charge is -2.04. The van der Waals surface area contributed by atoms with Gasteiger partial charge in [-0.05, 0) is 37.5 Å². The number of nitrogens with zero attached hydrogens (tertiary/aromatic N) is 1. The van der Waals surface area contributed by atoms with E-state index in [0.29, 0.717) is 6.61 Å². The predicted molar refractivity (Wildman–Crippen MR) is 76.7 cm³/mol. The van der Waals surface area contributed by atoms with Crippen LogP contribution >= 0.6 is 11.3 Å². The van der Waals surface area contributed by atoms with Crippen molar-refractivity contribution in [3.8, 4) is 5.75 Å². The van der Waals surface area contributed by atoms with Gasteiger partial charge in [-0.15, -0.1) is 11.3 Å². The SMILES string of the molecule is CCOc1ccc(CCc2cnc(NC)s2)cc1. The Bertz CT molecular complexity index is 479. The van der Waals surface area contributed by atoms with E-state index < -0.39 is 0 Å². The highest BCUT2D eigenvalue weighted by Gasteiger charge is 2.01. The average molecular weight is 262 g/mol. The van der Waals surface area contributed by atoms with Crippen molar-refractivity contribution in [1.29, 1.82) is 0 Å². The first-order chi connectivity index (χ1) is 8.81. The maximum absolute atomic E-state index is 5.43. The van der Waals surface area contributed by atoms with Crippen molar-refractivity contribution in [1.82, 2.24) is 4.98 Å². The molecule has 0 bridgehead atoms. The summed E-state index contributed by atoms with van der Waals surface area (Å²) in [5.74, 6) is 0.941. The van der Waals surface area contributed by atoms with E-state index in [1.54, 1.807) is 11.3 Å². The molecule has 0 saturated heterocycles. The van der Waals surface area contributed by atoms with E-state index in [-0.39, 0.29) is 0 Å². The highest BCUT2D eigenvalue weighted by atomic mass is 32.1. The van der Waals surface area contributed by atoms with E-state index in [1.807, 2.05) is 32.3 Å². The molecule has 1 aromatic carbocycles. The van der Waals surface area contributed by atoms with Crippen LogP contribution in [-0.2, 0) is 12.8 Å². The number of aromatic nitrogens is 1. The molecule has 0 spiro atoms. The van der Waals surface area contributed by atoms with Gasteiger partial charge in [-0.3, -0.25) is 0 Å².